The van der Waals surface area contributed by atoms with E-state index in [0.29, 0.717) is 11.8 Å². The van der Waals surface area contributed by atoms with Crippen molar-refractivity contribution in [2.45, 2.75) is 20.3 Å². The van der Waals surface area contributed by atoms with E-state index in [1.165, 1.54) is 6.42 Å². The molecule has 0 aromatic carbocycles. The Morgan fingerprint density at radius 3 is 2.82 bits per heavy atom. The molecule has 0 aromatic rings. The summed E-state index contributed by atoms with van der Waals surface area (Å²) in [7, 11) is 1.72. The highest BCUT2D eigenvalue weighted by Gasteiger charge is 2.14. The van der Waals surface area contributed by atoms with Crippen LogP contribution in [0.4, 0.5) is 0 Å². The molecule has 1 rings (SSSR count). The number of hydrogen-bond acceptors (Lipinski definition) is 1. The Kier molecular flexibility index (Phi) is 2.75. The Bertz CT molecular complexity index is 179. The Morgan fingerprint density at radius 2 is 2.27 bits per heavy atom. The van der Waals surface area contributed by atoms with Crippen LogP contribution in [0, 0.1) is 11.8 Å². The minimum atomic E-state index is 0.662. The molecule has 11 heavy (non-hydrogen) atoms. The number of allylic oxidation sites excluding steroid dienone is 3. The van der Waals surface area contributed by atoms with Gasteiger partial charge in [0.05, 0.1) is 7.11 Å². The predicted molar refractivity (Wildman–Crippen MR) is 47.2 cm³/mol. The van der Waals surface area contributed by atoms with Gasteiger partial charge in [0.1, 0.15) is 5.76 Å². The highest BCUT2D eigenvalue weighted by molar-refractivity contribution is 5.19. The fraction of sp³-hybridized carbons (Fsp3) is 0.600. The van der Waals surface area contributed by atoms with Crippen molar-refractivity contribution in [3.63, 3.8) is 0 Å². The van der Waals surface area contributed by atoms with Crippen LogP contribution in [0.25, 0.3) is 0 Å². The maximum absolute atomic E-state index is 5.15. The average molecular weight is 152 g/mol. The first-order valence-electron chi connectivity index (χ1n) is 4.22. The smallest absolute Gasteiger partial charge is 0.114 e. The molecule has 0 fully saturated rings. The zero-order valence-corrected chi connectivity index (χ0v) is 7.50. The van der Waals surface area contributed by atoms with E-state index in [9.17, 15) is 0 Å². The summed E-state index contributed by atoms with van der Waals surface area (Å²) in [6.45, 7) is 4.46. The van der Waals surface area contributed by atoms with Gasteiger partial charge in [-0.15, -0.1) is 0 Å². The summed E-state index contributed by atoms with van der Waals surface area (Å²) in [4.78, 5) is 0. The Labute approximate surface area is 68.8 Å². The van der Waals surface area contributed by atoms with E-state index < -0.39 is 0 Å². The van der Waals surface area contributed by atoms with Crippen molar-refractivity contribution < 1.29 is 4.74 Å². The number of rotatable bonds is 2. The molecule has 2 atom stereocenters. The number of methoxy groups -OCH3 is 1. The monoisotopic (exact) mass is 152 g/mol. The van der Waals surface area contributed by atoms with Crippen LogP contribution in [0.15, 0.2) is 24.0 Å². The first-order chi connectivity index (χ1) is 5.27. The molecule has 0 heterocycles. The van der Waals surface area contributed by atoms with Crippen LogP contribution in [-0.2, 0) is 4.74 Å². The third-order valence-corrected chi connectivity index (χ3v) is 2.32. The van der Waals surface area contributed by atoms with Gasteiger partial charge in [0.25, 0.3) is 0 Å². The van der Waals surface area contributed by atoms with Gasteiger partial charge in [-0.05, 0) is 30.4 Å². The molecule has 0 amide bonds. The van der Waals surface area contributed by atoms with Gasteiger partial charge in [0.2, 0.25) is 0 Å². The molecule has 0 aromatic heterocycles. The van der Waals surface area contributed by atoms with E-state index in [1.807, 2.05) is 0 Å². The van der Waals surface area contributed by atoms with Gasteiger partial charge in [-0.1, -0.05) is 19.9 Å². The Hall–Kier alpha value is -0.720. The van der Waals surface area contributed by atoms with Crippen LogP contribution in [0.1, 0.15) is 20.3 Å². The van der Waals surface area contributed by atoms with Gasteiger partial charge in [-0.3, -0.25) is 0 Å². The summed E-state index contributed by atoms with van der Waals surface area (Å²) in [6.07, 6.45) is 7.67. The van der Waals surface area contributed by atoms with Crippen LogP contribution in [-0.4, -0.2) is 7.11 Å². The zero-order valence-electron chi connectivity index (χ0n) is 7.50. The van der Waals surface area contributed by atoms with Crippen LogP contribution >= 0.6 is 0 Å². The molecule has 1 nitrogen and oxygen atoms in total. The fourth-order valence-electron chi connectivity index (χ4n) is 1.43. The topological polar surface area (TPSA) is 9.23 Å². The molecule has 0 aliphatic heterocycles. The Morgan fingerprint density at radius 1 is 1.55 bits per heavy atom. The van der Waals surface area contributed by atoms with E-state index in [1.54, 1.807) is 7.11 Å². The summed E-state index contributed by atoms with van der Waals surface area (Å²) in [5.74, 6) is 2.34. The van der Waals surface area contributed by atoms with Crippen molar-refractivity contribution in [2.75, 3.05) is 7.11 Å². The maximum Gasteiger partial charge on any atom is 0.114 e. The van der Waals surface area contributed by atoms with Crippen molar-refractivity contribution in [2.24, 2.45) is 11.8 Å². The summed E-state index contributed by atoms with van der Waals surface area (Å²) in [5.41, 5.74) is 0. The first kappa shape index (κ1) is 8.38. The molecule has 0 bridgehead atoms. The van der Waals surface area contributed by atoms with Crippen LogP contribution in [0.2, 0.25) is 0 Å². The number of ether oxygens (including phenoxy) is 1. The third kappa shape index (κ3) is 1.86. The minimum Gasteiger partial charge on any atom is -0.497 e. The lowest BCUT2D eigenvalue weighted by molar-refractivity contribution is 0.293. The summed E-state index contributed by atoms with van der Waals surface area (Å²) in [5, 5.41) is 0. The molecular weight excluding hydrogens is 136 g/mol. The molecular formula is C10H16O. The third-order valence-electron chi connectivity index (χ3n) is 2.32. The second-order valence-corrected chi connectivity index (χ2v) is 3.06. The lowest BCUT2D eigenvalue weighted by atomic mass is 9.87. The van der Waals surface area contributed by atoms with Gasteiger partial charge >= 0.3 is 0 Å². The molecule has 0 saturated heterocycles. The van der Waals surface area contributed by atoms with E-state index in [-0.39, 0.29) is 0 Å². The average Bonchev–Trinajstić information content (AvgIpc) is 2.05. The molecule has 0 radical (unpaired) electrons. The lowest BCUT2D eigenvalue weighted by Gasteiger charge is -2.20. The van der Waals surface area contributed by atoms with Crippen LogP contribution in [0.3, 0.4) is 0 Å². The molecule has 1 aliphatic rings. The van der Waals surface area contributed by atoms with Gasteiger partial charge in [-0.25, -0.2) is 0 Å². The molecule has 0 N–H and O–H groups in total. The summed E-state index contributed by atoms with van der Waals surface area (Å²) in [6, 6.07) is 0. The van der Waals surface area contributed by atoms with Gasteiger partial charge in [0, 0.05) is 0 Å². The SMILES string of the molecule is CCC1C=C(OC)C=CC1C. The van der Waals surface area contributed by atoms with E-state index in [2.05, 4.69) is 32.1 Å². The molecule has 0 spiro atoms. The van der Waals surface area contributed by atoms with Crippen molar-refractivity contribution in [3.05, 3.63) is 24.0 Å². The standard InChI is InChI=1S/C10H16O/c1-4-9-7-10(11-3)6-5-8(9)2/h5-9H,4H2,1-3H3. The van der Waals surface area contributed by atoms with Gasteiger partial charge in [0.15, 0.2) is 0 Å². The predicted octanol–water partition coefficient (Wildman–Crippen LogP) is 2.75. The van der Waals surface area contributed by atoms with E-state index in [0.717, 1.165) is 5.76 Å². The highest BCUT2D eigenvalue weighted by atomic mass is 16.5. The molecule has 0 saturated carbocycles. The van der Waals surface area contributed by atoms with E-state index in [4.69, 9.17) is 4.74 Å². The van der Waals surface area contributed by atoms with Crippen molar-refractivity contribution in [3.8, 4) is 0 Å². The highest BCUT2D eigenvalue weighted by Crippen LogP contribution is 2.25. The largest absolute Gasteiger partial charge is 0.497 e. The molecule has 62 valence electrons. The second-order valence-electron chi connectivity index (χ2n) is 3.06. The maximum atomic E-state index is 5.15. The van der Waals surface area contributed by atoms with Gasteiger partial charge in [-0.2, -0.15) is 0 Å². The minimum absolute atomic E-state index is 0.662. The second kappa shape index (κ2) is 3.61. The summed E-state index contributed by atoms with van der Waals surface area (Å²) >= 11 is 0. The number of hydrogen-bond donors (Lipinski definition) is 0. The fourth-order valence-corrected chi connectivity index (χ4v) is 1.43. The molecule has 2 unspecified atom stereocenters. The van der Waals surface area contributed by atoms with Crippen molar-refractivity contribution in [1.29, 1.82) is 0 Å². The van der Waals surface area contributed by atoms with Crippen LogP contribution < -0.4 is 0 Å². The molecule has 1 aliphatic carbocycles. The molecule has 1 heteroatoms. The van der Waals surface area contributed by atoms with Crippen molar-refractivity contribution in [1.82, 2.24) is 0 Å². The Balaban J connectivity index is 2.67. The van der Waals surface area contributed by atoms with Crippen LogP contribution in [0.5, 0.6) is 0 Å². The first-order valence-corrected chi connectivity index (χ1v) is 4.22. The van der Waals surface area contributed by atoms with Gasteiger partial charge < -0.3 is 4.74 Å². The summed E-state index contributed by atoms with van der Waals surface area (Å²) < 4.78 is 5.15. The normalized spacial score (nSPS) is 29.9. The van der Waals surface area contributed by atoms with E-state index >= 15 is 0 Å². The quantitative estimate of drug-likeness (QED) is 0.591. The lowest BCUT2D eigenvalue weighted by Crippen LogP contribution is -2.10. The van der Waals surface area contributed by atoms with Crippen molar-refractivity contribution >= 4 is 0 Å². The zero-order chi connectivity index (χ0) is 8.27.